The average Bonchev–Trinajstić information content (AvgIpc) is 3.18. The second-order valence-corrected chi connectivity index (χ2v) is 5.81. The highest BCUT2D eigenvalue weighted by Crippen LogP contribution is 2.46. The smallest absolute Gasteiger partial charge is 0.319 e. The molecule has 2 N–H and O–H groups in total. The average molecular weight is 305 g/mol. The second kappa shape index (κ2) is 5.96. The van der Waals surface area contributed by atoms with E-state index in [-0.39, 0.29) is 6.10 Å². The van der Waals surface area contributed by atoms with Crippen LogP contribution in [0.1, 0.15) is 25.7 Å². The zero-order valence-corrected chi connectivity index (χ0v) is 12.2. The molecule has 1 aromatic carbocycles. The molecule has 0 bridgehead atoms. The number of nitrogens with one attached hydrogen (secondary N) is 1. The molecule has 1 saturated heterocycles. The second-order valence-electron chi connectivity index (χ2n) is 5.81. The lowest BCUT2D eigenvalue weighted by Crippen LogP contribution is -2.31. The summed E-state index contributed by atoms with van der Waals surface area (Å²) >= 11 is 0. The first-order chi connectivity index (χ1) is 10.6. The van der Waals surface area contributed by atoms with Crippen molar-refractivity contribution in [2.45, 2.75) is 31.8 Å². The molecule has 118 valence electrons. The molecule has 1 heterocycles. The summed E-state index contributed by atoms with van der Waals surface area (Å²) in [4.78, 5) is 23.1. The van der Waals surface area contributed by atoms with E-state index in [2.05, 4.69) is 5.32 Å². The summed E-state index contributed by atoms with van der Waals surface area (Å²) in [6, 6.07) is 6.93. The van der Waals surface area contributed by atoms with Crippen LogP contribution in [0.15, 0.2) is 24.3 Å². The fourth-order valence-corrected chi connectivity index (χ4v) is 2.51. The number of hydrogen-bond donors (Lipinski definition) is 2. The minimum Gasteiger partial charge on any atom is -0.491 e. The summed E-state index contributed by atoms with van der Waals surface area (Å²) in [6.45, 7) is 1.32. The SMILES string of the molecule is O=C(O)C1(C(=O)Nc2ccc(OCC3CCCO3)cc2)CC1. The first-order valence-electron chi connectivity index (χ1n) is 7.49. The molecule has 2 fully saturated rings. The molecule has 1 aliphatic carbocycles. The van der Waals surface area contributed by atoms with Crippen molar-refractivity contribution in [3.8, 4) is 5.75 Å². The van der Waals surface area contributed by atoms with E-state index in [9.17, 15) is 9.59 Å². The predicted octanol–water partition coefficient (Wildman–Crippen LogP) is 2.05. The molecule has 6 nitrogen and oxygen atoms in total. The molecule has 1 saturated carbocycles. The molecule has 22 heavy (non-hydrogen) atoms. The van der Waals surface area contributed by atoms with Gasteiger partial charge in [0.15, 0.2) is 0 Å². The lowest BCUT2D eigenvalue weighted by molar-refractivity contribution is -0.147. The maximum Gasteiger partial charge on any atom is 0.319 e. The van der Waals surface area contributed by atoms with Crippen LogP contribution in [0.2, 0.25) is 0 Å². The molecule has 3 rings (SSSR count). The van der Waals surface area contributed by atoms with Crippen molar-refractivity contribution in [2.24, 2.45) is 5.41 Å². The lowest BCUT2D eigenvalue weighted by atomic mass is 10.1. The Balaban J connectivity index is 1.53. The molecule has 1 aliphatic heterocycles. The number of carbonyl (C=O) groups is 2. The van der Waals surface area contributed by atoms with E-state index in [1.807, 2.05) is 0 Å². The van der Waals surface area contributed by atoms with Gasteiger partial charge < -0.3 is 19.9 Å². The quantitative estimate of drug-likeness (QED) is 0.786. The third-order valence-corrected chi connectivity index (χ3v) is 4.17. The molecule has 1 unspecified atom stereocenters. The van der Waals surface area contributed by atoms with Gasteiger partial charge in [0.1, 0.15) is 17.8 Å². The number of carbonyl (C=O) groups excluding carboxylic acids is 1. The van der Waals surface area contributed by atoms with Gasteiger partial charge in [0.2, 0.25) is 5.91 Å². The number of carboxylic acids is 1. The molecule has 0 spiro atoms. The number of benzene rings is 1. The van der Waals surface area contributed by atoms with Crippen molar-refractivity contribution >= 4 is 17.6 Å². The summed E-state index contributed by atoms with van der Waals surface area (Å²) in [5, 5.41) is 11.7. The highest BCUT2D eigenvalue weighted by molar-refractivity contribution is 6.10. The van der Waals surface area contributed by atoms with E-state index >= 15 is 0 Å². The predicted molar refractivity (Wildman–Crippen MR) is 78.8 cm³/mol. The topological polar surface area (TPSA) is 84.9 Å². The number of rotatable bonds is 6. The third-order valence-electron chi connectivity index (χ3n) is 4.17. The van der Waals surface area contributed by atoms with E-state index in [0.717, 1.165) is 19.4 Å². The van der Waals surface area contributed by atoms with Gasteiger partial charge in [-0.15, -0.1) is 0 Å². The number of anilines is 1. The van der Waals surface area contributed by atoms with Crippen LogP contribution >= 0.6 is 0 Å². The molecular weight excluding hydrogens is 286 g/mol. The molecular formula is C16H19NO5. The molecule has 0 aromatic heterocycles. The zero-order valence-electron chi connectivity index (χ0n) is 12.2. The Morgan fingerprint density at radius 1 is 1.32 bits per heavy atom. The van der Waals surface area contributed by atoms with Crippen LogP contribution in [-0.2, 0) is 14.3 Å². The minimum atomic E-state index is -1.23. The number of amides is 1. The van der Waals surface area contributed by atoms with Gasteiger partial charge in [0.05, 0.1) is 6.10 Å². The van der Waals surface area contributed by atoms with E-state index in [1.165, 1.54) is 0 Å². The van der Waals surface area contributed by atoms with Crippen LogP contribution in [0.3, 0.4) is 0 Å². The normalized spacial score (nSPS) is 22.1. The van der Waals surface area contributed by atoms with Gasteiger partial charge in [-0.1, -0.05) is 0 Å². The molecule has 1 amide bonds. The van der Waals surface area contributed by atoms with Crippen molar-refractivity contribution in [3.63, 3.8) is 0 Å². The fourth-order valence-electron chi connectivity index (χ4n) is 2.51. The molecule has 6 heteroatoms. The van der Waals surface area contributed by atoms with Crippen molar-refractivity contribution in [2.75, 3.05) is 18.5 Å². The summed E-state index contributed by atoms with van der Waals surface area (Å²) in [6.07, 6.45) is 3.05. The minimum absolute atomic E-state index is 0.157. The monoisotopic (exact) mass is 305 g/mol. The van der Waals surface area contributed by atoms with Gasteiger partial charge in [-0.25, -0.2) is 0 Å². The Morgan fingerprint density at radius 3 is 2.59 bits per heavy atom. The van der Waals surface area contributed by atoms with Gasteiger partial charge in [-0.2, -0.15) is 0 Å². The van der Waals surface area contributed by atoms with Crippen LogP contribution in [0.25, 0.3) is 0 Å². The number of ether oxygens (including phenoxy) is 2. The summed E-state index contributed by atoms with van der Waals surface area (Å²) in [7, 11) is 0. The van der Waals surface area contributed by atoms with Crippen LogP contribution < -0.4 is 10.1 Å². The Hall–Kier alpha value is -2.08. The Morgan fingerprint density at radius 2 is 2.05 bits per heavy atom. The maximum atomic E-state index is 12.0. The largest absolute Gasteiger partial charge is 0.491 e. The summed E-state index contributed by atoms with van der Waals surface area (Å²) in [5.74, 6) is -0.803. The van der Waals surface area contributed by atoms with Gasteiger partial charge in [-0.3, -0.25) is 9.59 Å². The van der Waals surface area contributed by atoms with Crippen molar-refractivity contribution in [3.05, 3.63) is 24.3 Å². The first-order valence-corrected chi connectivity index (χ1v) is 7.49. The van der Waals surface area contributed by atoms with E-state index in [0.29, 0.717) is 30.9 Å². The van der Waals surface area contributed by atoms with Crippen LogP contribution in [-0.4, -0.2) is 36.3 Å². The Labute approximate surface area is 128 Å². The van der Waals surface area contributed by atoms with Crippen LogP contribution in [0.5, 0.6) is 5.75 Å². The number of hydrogen-bond acceptors (Lipinski definition) is 4. The standard InChI is InChI=1S/C16H19NO5/c18-14(16(7-8-16)15(19)20)17-11-3-5-12(6-4-11)22-10-13-2-1-9-21-13/h3-6,13H,1-2,7-10H2,(H,17,18)(H,19,20). The fraction of sp³-hybridized carbons (Fsp3) is 0.500. The number of carboxylic acid groups (broad SMARTS) is 1. The van der Waals surface area contributed by atoms with Crippen molar-refractivity contribution in [1.82, 2.24) is 0 Å². The lowest BCUT2D eigenvalue weighted by Gasteiger charge is -2.13. The van der Waals surface area contributed by atoms with Gasteiger partial charge in [0, 0.05) is 12.3 Å². The van der Waals surface area contributed by atoms with Gasteiger partial charge >= 0.3 is 5.97 Å². The Kier molecular flexibility index (Phi) is 4.02. The summed E-state index contributed by atoms with van der Waals surface area (Å²) in [5.41, 5.74) is -0.656. The highest BCUT2D eigenvalue weighted by Gasteiger charge is 2.57. The molecule has 1 atom stereocenters. The van der Waals surface area contributed by atoms with Gasteiger partial charge in [-0.05, 0) is 49.9 Å². The third kappa shape index (κ3) is 3.06. The van der Waals surface area contributed by atoms with Crippen LogP contribution in [0.4, 0.5) is 5.69 Å². The van der Waals surface area contributed by atoms with Gasteiger partial charge in [0.25, 0.3) is 0 Å². The molecule has 0 radical (unpaired) electrons. The summed E-state index contributed by atoms with van der Waals surface area (Å²) < 4.78 is 11.1. The van der Waals surface area contributed by atoms with Crippen LogP contribution in [0, 0.1) is 5.41 Å². The highest BCUT2D eigenvalue weighted by atomic mass is 16.5. The zero-order chi connectivity index (χ0) is 15.6. The Bertz CT molecular complexity index is 558. The van der Waals surface area contributed by atoms with Crippen molar-refractivity contribution in [1.29, 1.82) is 0 Å². The molecule has 2 aliphatic rings. The van der Waals surface area contributed by atoms with Crippen molar-refractivity contribution < 1.29 is 24.2 Å². The first kappa shape index (κ1) is 14.8. The number of aliphatic carboxylic acids is 1. The molecule has 1 aromatic rings. The van der Waals surface area contributed by atoms with E-state index < -0.39 is 17.3 Å². The van der Waals surface area contributed by atoms with E-state index in [1.54, 1.807) is 24.3 Å². The maximum absolute atomic E-state index is 12.0. The van der Waals surface area contributed by atoms with E-state index in [4.69, 9.17) is 14.6 Å².